The molecule has 1 saturated heterocycles. The SMILES string of the molecule is OC[C@@H]1CN(Cc2ccccc2)CC[C@@H]1F. The molecule has 1 aliphatic heterocycles. The Morgan fingerprint density at radius 3 is 2.75 bits per heavy atom. The molecule has 3 heteroatoms. The van der Waals surface area contributed by atoms with E-state index >= 15 is 0 Å². The first kappa shape index (κ1) is 11.6. The highest BCUT2D eigenvalue weighted by Crippen LogP contribution is 2.21. The van der Waals surface area contributed by atoms with Crippen LogP contribution >= 0.6 is 0 Å². The van der Waals surface area contributed by atoms with Crippen LogP contribution in [-0.4, -0.2) is 35.9 Å². The standard InChI is InChI=1S/C13H18FNO/c14-13-6-7-15(9-12(13)10-16)8-11-4-2-1-3-5-11/h1-5,12-13,16H,6-10H2/t12-,13-/m0/s1. The maximum absolute atomic E-state index is 13.4. The predicted molar refractivity (Wildman–Crippen MR) is 61.8 cm³/mol. The van der Waals surface area contributed by atoms with Crippen LogP contribution in [-0.2, 0) is 6.54 Å². The van der Waals surface area contributed by atoms with Gasteiger partial charge in [-0.2, -0.15) is 0 Å². The molecule has 0 aliphatic carbocycles. The summed E-state index contributed by atoms with van der Waals surface area (Å²) in [4.78, 5) is 2.21. The zero-order valence-electron chi connectivity index (χ0n) is 9.35. The van der Waals surface area contributed by atoms with Crippen molar-refractivity contribution < 1.29 is 9.50 Å². The summed E-state index contributed by atoms with van der Waals surface area (Å²) in [7, 11) is 0. The first-order chi connectivity index (χ1) is 7.79. The van der Waals surface area contributed by atoms with Gasteiger partial charge in [-0.05, 0) is 12.0 Å². The van der Waals surface area contributed by atoms with Gasteiger partial charge in [-0.25, -0.2) is 4.39 Å². The minimum Gasteiger partial charge on any atom is -0.396 e. The van der Waals surface area contributed by atoms with E-state index in [9.17, 15) is 4.39 Å². The van der Waals surface area contributed by atoms with Crippen molar-refractivity contribution in [3.8, 4) is 0 Å². The number of halogens is 1. The topological polar surface area (TPSA) is 23.5 Å². The molecule has 1 aliphatic rings. The van der Waals surface area contributed by atoms with Gasteiger partial charge in [0.25, 0.3) is 0 Å². The lowest BCUT2D eigenvalue weighted by Gasteiger charge is -2.34. The molecule has 1 fully saturated rings. The molecule has 2 atom stereocenters. The highest BCUT2D eigenvalue weighted by atomic mass is 19.1. The van der Waals surface area contributed by atoms with Gasteiger partial charge in [-0.15, -0.1) is 0 Å². The third-order valence-corrected chi connectivity index (χ3v) is 3.21. The summed E-state index contributed by atoms with van der Waals surface area (Å²) in [6, 6.07) is 10.2. The van der Waals surface area contributed by atoms with Gasteiger partial charge in [-0.3, -0.25) is 4.90 Å². The van der Waals surface area contributed by atoms with Crippen LogP contribution in [0.15, 0.2) is 30.3 Å². The Bertz CT molecular complexity index is 317. The first-order valence-corrected chi connectivity index (χ1v) is 5.81. The van der Waals surface area contributed by atoms with Crippen LogP contribution in [0.5, 0.6) is 0 Å². The fourth-order valence-electron chi connectivity index (χ4n) is 2.24. The first-order valence-electron chi connectivity index (χ1n) is 5.81. The normalized spacial score (nSPS) is 26.9. The Morgan fingerprint density at radius 1 is 1.31 bits per heavy atom. The Kier molecular flexibility index (Phi) is 3.91. The summed E-state index contributed by atoms with van der Waals surface area (Å²) in [6.45, 7) is 2.25. The molecule has 0 amide bonds. The molecule has 16 heavy (non-hydrogen) atoms. The number of aliphatic hydroxyl groups excluding tert-OH is 1. The van der Waals surface area contributed by atoms with Crippen molar-refractivity contribution in [2.75, 3.05) is 19.7 Å². The predicted octanol–water partition coefficient (Wildman–Crippen LogP) is 1.84. The molecule has 2 rings (SSSR count). The van der Waals surface area contributed by atoms with Gasteiger partial charge >= 0.3 is 0 Å². The number of aliphatic hydroxyl groups is 1. The summed E-state index contributed by atoms with van der Waals surface area (Å²) in [5.41, 5.74) is 1.25. The van der Waals surface area contributed by atoms with Crippen LogP contribution in [0.25, 0.3) is 0 Å². The minimum atomic E-state index is -0.836. The van der Waals surface area contributed by atoms with Crippen LogP contribution in [0.4, 0.5) is 4.39 Å². The van der Waals surface area contributed by atoms with E-state index in [4.69, 9.17) is 5.11 Å². The Hall–Kier alpha value is -0.930. The van der Waals surface area contributed by atoms with Crippen LogP contribution in [0.1, 0.15) is 12.0 Å². The molecule has 0 unspecified atom stereocenters. The summed E-state index contributed by atoms with van der Waals surface area (Å²) >= 11 is 0. The molecule has 1 N–H and O–H groups in total. The van der Waals surface area contributed by atoms with Crippen LogP contribution in [0.3, 0.4) is 0 Å². The molecule has 88 valence electrons. The van der Waals surface area contributed by atoms with Crippen LogP contribution in [0, 0.1) is 5.92 Å². The molecule has 0 aromatic heterocycles. The zero-order chi connectivity index (χ0) is 11.4. The van der Waals surface area contributed by atoms with Crippen molar-refractivity contribution in [1.29, 1.82) is 0 Å². The fraction of sp³-hybridized carbons (Fsp3) is 0.538. The van der Waals surface area contributed by atoms with E-state index in [0.29, 0.717) is 13.0 Å². The third-order valence-electron chi connectivity index (χ3n) is 3.21. The van der Waals surface area contributed by atoms with Crippen molar-refractivity contribution >= 4 is 0 Å². The van der Waals surface area contributed by atoms with Gasteiger partial charge in [0, 0.05) is 32.2 Å². The molecule has 1 heterocycles. The lowest BCUT2D eigenvalue weighted by atomic mass is 9.96. The van der Waals surface area contributed by atoms with Gasteiger partial charge in [-0.1, -0.05) is 30.3 Å². The van der Waals surface area contributed by atoms with Crippen LogP contribution in [0.2, 0.25) is 0 Å². The molecule has 0 spiro atoms. The second-order valence-electron chi connectivity index (χ2n) is 4.47. The number of likely N-dealkylation sites (tertiary alicyclic amines) is 1. The largest absolute Gasteiger partial charge is 0.396 e. The summed E-state index contributed by atoms with van der Waals surface area (Å²) in [5.74, 6) is -0.211. The van der Waals surface area contributed by atoms with Crippen LogP contribution < -0.4 is 0 Å². The monoisotopic (exact) mass is 223 g/mol. The number of hydrogen-bond acceptors (Lipinski definition) is 2. The van der Waals surface area contributed by atoms with Crippen molar-refractivity contribution in [1.82, 2.24) is 4.90 Å². The van der Waals surface area contributed by atoms with Gasteiger partial charge in [0.15, 0.2) is 0 Å². The second kappa shape index (κ2) is 5.41. The third kappa shape index (κ3) is 2.80. The Balaban J connectivity index is 1.92. The van der Waals surface area contributed by atoms with Crippen molar-refractivity contribution in [3.63, 3.8) is 0 Å². The van der Waals surface area contributed by atoms with E-state index in [1.54, 1.807) is 0 Å². The van der Waals surface area contributed by atoms with E-state index in [0.717, 1.165) is 13.1 Å². The average Bonchev–Trinajstić information content (AvgIpc) is 2.33. The Morgan fingerprint density at radius 2 is 2.06 bits per heavy atom. The molecule has 0 saturated carbocycles. The quantitative estimate of drug-likeness (QED) is 0.845. The molecular formula is C13H18FNO. The lowest BCUT2D eigenvalue weighted by Crippen LogP contribution is -2.42. The highest BCUT2D eigenvalue weighted by Gasteiger charge is 2.28. The van der Waals surface area contributed by atoms with E-state index in [-0.39, 0.29) is 12.5 Å². The lowest BCUT2D eigenvalue weighted by molar-refractivity contribution is 0.0463. The number of benzene rings is 1. The van der Waals surface area contributed by atoms with Crippen molar-refractivity contribution in [3.05, 3.63) is 35.9 Å². The smallest absolute Gasteiger partial charge is 0.108 e. The van der Waals surface area contributed by atoms with E-state index in [1.165, 1.54) is 5.56 Å². The molecule has 0 bridgehead atoms. The number of nitrogens with zero attached hydrogens (tertiary/aromatic N) is 1. The van der Waals surface area contributed by atoms with Crippen molar-refractivity contribution in [2.24, 2.45) is 5.92 Å². The summed E-state index contributed by atoms with van der Waals surface area (Å²) < 4.78 is 13.4. The highest BCUT2D eigenvalue weighted by molar-refractivity contribution is 5.14. The number of rotatable bonds is 3. The number of alkyl halides is 1. The van der Waals surface area contributed by atoms with E-state index in [2.05, 4.69) is 17.0 Å². The molecule has 1 aromatic carbocycles. The maximum atomic E-state index is 13.4. The zero-order valence-corrected chi connectivity index (χ0v) is 9.35. The van der Waals surface area contributed by atoms with Crippen molar-refractivity contribution in [2.45, 2.75) is 19.1 Å². The van der Waals surface area contributed by atoms with E-state index in [1.807, 2.05) is 18.2 Å². The summed E-state index contributed by atoms with van der Waals surface area (Å²) in [5, 5.41) is 9.08. The second-order valence-corrected chi connectivity index (χ2v) is 4.47. The van der Waals surface area contributed by atoms with Gasteiger partial charge in [0.05, 0.1) is 0 Å². The molecular weight excluding hydrogens is 205 g/mol. The van der Waals surface area contributed by atoms with E-state index < -0.39 is 6.17 Å². The maximum Gasteiger partial charge on any atom is 0.108 e. The summed E-state index contributed by atoms with van der Waals surface area (Å²) in [6.07, 6.45) is -0.296. The molecule has 1 aromatic rings. The Labute approximate surface area is 95.7 Å². The molecule has 2 nitrogen and oxygen atoms in total. The average molecular weight is 223 g/mol. The van der Waals surface area contributed by atoms with Gasteiger partial charge < -0.3 is 5.11 Å². The number of piperidine rings is 1. The van der Waals surface area contributed by atoms with Gasteiger partial charge in [0.1, 0.15) is 6.17 Å². The van der Waals surface area contributed by atoms with Gasteiger partial charge in [0.2, 0.25) is 0 Å². The fourth-order valence-corrected chi connectivity index (χ4v) is 2.24. The minimum absolute atomic E-state index is 0.0492. The molecule has 0 radical (unpaired) electrons. The number of hydrogen-bond donors (Lipinski definition) is 1.